The molecular formula is C20H26N6OS. The minimum Gasteiger partial charge on any atom is -0.370 e. The molecule has 1 aromatic carbocycles. The Kier molecular flexibility index (Phi) is 5.76. The van der Waals surface area contributed by atoms with Crippen molar-refractivity contribution in [3.63, 3.8) is 0 Å². The number of hydrogen-bond donors (Lipinski definition) is 2. The summed E-state index contributed by atoms with van der Waals surface area (Å²) < 4.78 is 0. The number of nitrogens with one attached hydrogen (secondary N) is 1. The second kappa shape index (κ2) is 8.60. The third kappa shape index (κ3) is 4.44. The summed E-state index contributed by atoms with van der Waals surface area (Å²) in [6, 6.07) is 7.86. The largest absolute Gasteiger partial charge is 0.370 e. The molecule has 0 atom stereocenters. The van der Waals surface area contributed by atoms with Gasteiger partial charge in [0.25, 0.3) is 0 Å². The molecule has 1 aliphatic carbocycles. The zero-order valence-corrected chi connectivity index (χ0v) is 16.7. The molecule has 0 unspecified atom stereocenters. The van der Waals surface area contributed by atoms with Gasteiger partial charge in [-0.3, -0.25) is 4.79 Å². The van der Waals surface area contributed by atoms with Crippen LogP contribution in [0.3, 0.4) is 0 Å². The number of piperazine rings is 1. The maximum atomic E-state index is 12.1. The molecule has 0 radical (unpaired) electrons. The lowest BCUT2D eigenvalue weighted by atomic mass is 9.85. The number of rotatable bonds is 5. The second-order valence-corrected chi connectivity index (χ2v) is 8.15. The highest BCUT2D eigenvalue weighted by Crippen LogP contribution is 2.27. The molecule has 1 aromatic heterocycles. The second-order valence-electron chi connectivity index (χ2n) is 7.28. The van der Waals surface area contributed by atoms with Crippen molar-refractivity contribution in [1.29, 1.82) is 0 Å². The van der Waals surface area contributed by atoms with Crippen LogP contribution < -0.4 is 16.0 Å². The maximum Gasteiger partial charge on any atom is 0.227 e. The Bertz CT molecular complexity index is 825. The zero-order valence-electron chi connectivity index (χ0n) is 15.9. The van der Waals surface area contributed by atoms with E-state index in [-0.39, 0.29) is 11.8 Å². The van der Waals surface area contributed by atoms with Gasteiger partial charge in [-0.05, 0) is 30.5 Å². The number of guanidine groups is 1. The van der Waals surface area contributed by atoms with Crippen LogP contribution in [0.1, 0.15) is 24.8 Å². The Balaban J connectivity index is 1.30. The first kappa shape index (κ1) is 18.7. The molecule has 148 valence electrons. The lowest BCUT2D eigenvalue weighted by molar-refractivity contribution is -0.122. The highest BCUT2D eigenvalue weighted by atomic mass is 32.1. The van der Waals surface area contributed by atoms with Crippen LogP contribution in [0, 0.1) is 5.92 Å². The van der Waals surface area contributed by atoms with Crippen LogP contribution in [0.25, 0.3) is 0 Å². The van der Waals surface area contributed by atoms with Gasteiger partial charge < -0.3 is 20.9 Å². The molecule has 7 nitrogen and oxygen atoms in total. The third-order valence-electron chi connectivity index (χ3n) is 5.39. The molecule has 4 rings (SSSR count). The van der Waals surface area contributed by atoms with Crippen molar-refractivity contribution in [2.24, 2.45) is 16.6 Å². The van der Waals surface area contributed by atoms with Crippen molar-refractivity contribution in [2.45, 2.75) is 25.8 Å². The van der Waals surface area contributed by atoms with E-state index in [0.29, 0.717) is 12.5 Å². The fourth-order valence-electron chi connectivity index (χ4n) is 3.43. The van der Waals surface area contributed by atoms with Crippen LogP contribution in [-0.2, 0) is 11.3 Å². The number of hydrogen-bond acceptors (Lipinski definition) is 5. The maximum absolute atomic E-state index is 12.1. The minimum atomic E-state index is 0.129. The normalized spacial score (nSPS) is 18.1. The Labute approximate surface area is 169 Å². The number of nitrogens with two attached hydrogens (primary N) is 1. The van der Waals surface area contributed by atoms with E-state index in [9.17, 15) is 4.79 Å². The SMILES string of the molecule is NC(=NCc1cccc(NC(=O)C2CCC2)c1)N1CCN(c2nccs2)CC1. The summed E-state index contributed by atoms with van der Waals surface area (Å²) in [6.07, 6.45) is 5.00. The summed E-state index contributed by atoms with van der Waals surface area (Å²) in [5.74, 6) is 0.882. The van der Waals surface area contributed by atoms with E-state index in [0.717, 1.165) is 61.8 Å². The quantitative estimate of drug-likeness (QED) is 0.597. The van der Waals surface area contributed by atoms with Gasteiger partial charge in [-0.2, -0.15) is 0 Å². The standard InChI is InChI=1S/C20H26N6OS/c21-19(25-8-10-26(11-9-25)20-22-7-12-28-20)23-14-15-3-1-6-17(13-15)24-18(27)16-4-2-5-16/h1,3,6-7,12-13,16H,2,4-5,8-11,14H2,(H2,21,23)(H,24,27). The highest BCUT2D eigenvalue weighted by Gasteiger charge is 2.25. The number of aliphatic imine (C=N–C) groups is 1. The fraction of sp³-hybridized carbons (Fsp3) is 0.450. The topological polar surface area (TPSA) is 86.8 Å². The molecule has 1 saturated heterocycles. The van der Waals surface area contributed by atoms with Crippen molar-refractivity contribution in [3.8, 4) is 0 Å². The number of thiazole rings is 1. The van der Waals surface area contributed by atoms with Crippen LogP contribution in [-0.4, -0.2) is 47.9 Å². The van der Waals surface area contributed by atoms with E-state index in [1.54, 1.807) is 11.3 Å². The number of nitrogens with zero attached hydrogens (tertiary/aromatic N) is 4. The molecule has 2 heterocycles. The Hall–Kier alpha value is -2.61. The summed E-state index contributed by atoms with van der Waals surface area (Å²) in [7, 11) is 0. The summed E-state index contributed by atoms with van der Waals surface area (Å²) in [4.78, 5) is 25.4. The van der Waals surface area contributed by atoms with E-state index in [2.05, 4.69) is 25.1 Å². The van der Waals surface area contributed by atoms with Gasteiger partial charge in [-0.1, -0.05) is 18.6 Å². The van der Waals surface area contributed by atoms with E-state index < -0.39 is 0 Å². The Morgan fingerprint density at radius 1 is 1.29 bits per heavy atom. The number of carbonyl (C=O) groups excluding carboxylic acids is 1. The third-order valence-corrected chi connectivity index (χ3v) is 6.22. The molecule has 0 bridgehead atoms. The smallest absolute Gasteiger partial charge is 0.227 e. The molecular weight excluding hydrogens is 372 g/mol. The molecule has 28 heavy (non-hydrogen) atoms. The lowest BCUT2D eigenvalue weighted by Gasteiger charge is -2.35. The van der Waals surface area contributed by atoms with Crippen LogP contribution in [0.2, 0.25) is 0 Å². The predicted octanol–water partition coefficient (Wildman–Crippen LogP) is 2.52. The van der Waals surface area contributed by atoms with E-state index in [1.807, 2.05) is 35.8 Å². The van der Waals surface area contributed by atoms with E-state index in [1.165, 1.54) is 0 Å². The van der Waals surface area contributed by atoms with E-state index >= 15 is 0 Å². The predicted molar refractivity (Wildman–Crippen MR) is 114 cm³/mol. The first-order valence-corrected chi connectivity index (χ1v) is 10.7. The number of benzene rings is 1. The van der Waals surface area contributed by atoms with Crippen molar-refractivity contribution < 1.29 is 4.79 Å². The average molecular weight is 399 g/mol. The number of amides is 1. The molecule has 2 fully saturated rings. The number of carbonyl (C=O) groups is 1. The molecule has 2 aromatic rings. The molecule has 1 saturated carbocycles. The van der Waals surface area contributed by atoms with Crippen LogP contribution in [0.4, 0.5) is 10.8 Å². The van der Waals surface area contributed by atoms with Crippen LogP contribution >= 0.6 is 11.3 Å². The number of aromatic nitrogens is 1. The van der Waals surface area contributed by atoms with Gasteiger partial charge in [0.05, 0.1) is 6.54 Å². The van der Waals surface area contributed by atoms with Crippen molar-refractivity contribution in [3.05, 3.63) is 41.4 Å². The summed E-state index contributed by atoms with van der Waals surface area (Å²) in [5, 5.41) is 6.08. The van der Waals surface area contributed by atoms with Gasteiger partial charge in [0.15, 0.2) is 11.1 Å². The van der Waals surface area contributed by atoms with Gasteiger partial charge in [-0.15, -0.1) is 11.3 Å². The lowest BCUT2D eigenvalue weighted by Crippen LogP contribution is -2.51. The van der Waals surface area contributed by atoms with Crippen LogP contribution in [0.5, 0.6) is 0 Å². The van der Waals surface area contributed by atoms with Crippen molar-refractivity contribution in [2.75, 3.05) is 36.4 Å². The molecule has 1 aliphatic heterocycles. The van der Waals surface area contributed by atoms with Gasteiger partial charge >= 0.3 is 0 Å². The van der Waals surface area contributed by atoms with Crippen LogP contribution in [0.15, 0.2) is 40.8 Å². The molecule has 1 amide bonds. The fourth-order valence-corrected chi connectivity index (χ4v) is 4.13. The summed E-state index contributed by atoms with van der Waals surface area (Å²) in [6.45, 7) is 3.98. The highest BCUT2D eigenvalue weighted by molar-refractivity contribution is 7.13. The molecule has 3 N–H and O–H groups in total. The molecule has 2 aliphatic rings. The molecule has 0 spiro atoms. The molecule has 8 heteroatoms. The Morgan fingerprint density at radius 3 is 2.79 bits per heavy atom. The van der Waals surface area contributed by atoms with Gasteiger partial charge in [0.2, 0.25) is 5.91 Å². The first-order chi connectivity index (χ1) is 13.7. The van der Waals surface area contributed by atoms with Gasteiger partial charge in [0.1, 0.15) is 0 Å². The Morgan fingerprint density at radius 2 is 2.11 bits per heavy atom. The first-order valence-electron chi connectivity index (χ1n) is 9.78. The van der Waals surface area contributed by atoms with E-state index in [4.69, 9.17) is 5.73 Å². The minimum absolute atomic E-state index is 0.129. The van der Waals surface area contributed by atoms with Gasteiger partial charge in [-0.25, -0.2) is 9.98 Å². The zero-order chi connectivity index (χ0) is 19.3. The monoisotopic (exact) mass is 398 g/mol. The van der Waals surface area contributed by atoms with Crippen molar-refractivity contribution in [1.82, 2.24) is 9.88 Å². The van der Waals surface area contributed by atoms with Crippen molar-refractivity contribution >= 4 is 34.0 Å². The average Bonchev–Trinajstić information content (AvgIpc) is 3.20. The number of anilines is 2. The summed E-state index contributed by atoms with van der Waals surface area (Å²) in [5.41, 5.74) is 8.09. The summed E-state index contributed by atoms with van der Waals surface area (Å²) >= 11 is 1.66. The van der Waals surface area contributed by atoms with Gasteiger partial charge in [0, 0.05) is 49.4 Å².